The number of fused-ring (bicyclic) bond motifs is 1. The van der Waals surface area contributed by atoms with Gasteiger partial charge < -0.3 is 14.0 Å². The topological polar surface area (TPSA) is 83.6 Å². The van der Waals surface area contributed by atoms with E-state index in [2.05, 4.69) is 6.92 Å². The van der Waals surface area contributed by atoms with E-state index in [0.717, 1.165) is 25.7 Å². The molecule has 0 aliphatic rings. The summed E-state index contributed by atoms with van der Waals surface area (Å²) < 4.78 is 12.4. The number of non-ortho nitro benzene ring substituents is 1. The lowest BCUT2D eigenvalue weighted by atomic mass is 10.1. The molecule has 7 heteroatoms. The third kappa shape index (κ3) is 3.50. The molecule has 130 valence electrons. The highest BCUT2D eigenvalue weighted by Gasteiger charge is 2.19. The smallest absolute Gasteiger partial charge is 0.297 e. The molecule has 1 aromatic heterocycles. The molecule has 0 aliphatic heterocycles. The van der Waals surface area contributed by atoms with Crippen molar-refractivity contribution in [2.75, 3.05) is 13.7 Å². The number of ether oxygens (including phenoxy) is 2. The van der Waals surface area contributed by atoms with Gasteiger partial charge in [0.1, 0.15) is 0 Å². The lowest BCUT2D eigenvalue weighted by Gasteiger charge is -2.15. The van der Waals surface area contributed by atoms with E-state index in [0.29, 0.717) is 23.3 Å². The van der Waals surface area contributed by atoms with Crippen molar-refractivity contribution in [3.05, 3.63) is 38.7 Å². The van der Waals surface area contributed by atoms with E-state index in [9.17, 15) is 14.9 Å². The molecule has 0 fully saturated rings. The molecular formula is C17H22N2O5. The van der Waals surface area contributed by atoms with Crippen molar-refractivity contribution in [2.24, 2.45) is 7.05 Å². The van der Waals surface area contributed by atoms with Gasteiger partial charge in [-0.15, -0.1) is 0 Å². The van der Waals surface area contributed by atoms with E-state index in [1.54, 1.807) is 13.1 Å². The van der Waals surface area contributed by atoms with E-state index in [4.69, 9.17) is 9.47 Å². The van der Waals surface area contributed by atoms with Gasteiger partial charge in [0.25, 0.3) is 11.2 Å². The Hall–Kier alpha value is -2.57. The number of nitro groups is 1. The molecule has 0 unspecified atom stereocenters. The minimum absolute atomic E-state index is 0.0761. The average Bonchev–Trinajstić information content (AvgIpc) is 2.58. The summed E-state index contributed by atoms with van der Waals surface area (Å²) in [7, 11) is 3.03. The average molecular weight is 334 g/mol. The second-order valence-electron chi connectivity index (χ2n) is 5.59. The predicted molar refractivity (Wildman–Crippen MR) is 92.0 cm³/mol. The van der Waals surface area contributed by atoms with Gasteiger partial charge in [-0.1, -0.05) is 26.2 Å². The Balaban J connectivity index is 2.45. The number of hydrogen-bond donors (Lipinski definition) is 0. The molecule has 2 aromatic rings. The van der Waals surface area contributed by atoms with Crippen molar-refractivity contribution < 1.29 is 14.4 Å². The Kier molecular flexibility index (Phi) is 5.78. The summed E-state index contributed by atoms with van der Waals surface area (Å²) in [6, 6.07) is 4.33. The van der Waals surface area contributed by atoms with Gasteiger partial charge in [-0.2, -0.15) is 0 Å². The van der Waals surface area contributed by atoms with Crippen LogP contribution in [0.1, 0.15) is 32.6 Å². The third-order valence-corrected chi connectivity index (χ3v) is 3.95. The van der Waals surface area contributed by atoms with Gasteiger partial charge in [-0.3, -0.25) is 14.9 Å². The molecule has 1 heterocycles. The SMILES string of the molecule is CCCCCCOc1c(OC)c2ccc([N+](=O)[O-])cc2n(C)c1=O. The highest BCUT2D eigenvalue weighted by molar-refractivity contribution is 5.89. The molecule has 0 spiro atoms. The Labute approximate surface area is 140 Å². The Morgan fingerprint density at radius 2 is 1.96 bits per heavy atom. The number of rotatable bonds is 8. The predicted octanol–water partition coefficient (Wildman–Crippen LogP) is 3.41. The summed E-state index contributed by atoms with van der Waals surface area (Å²) in [5.41, 5.74) is -0.00694. The zero-order valence-electron chi connectivity index (χ0n) is 14.2. The molecule has 7 nitrogen and oxygen atoms in total. The van der Waals surface area contributed by atoms with Crippen LogP contribution in [-0.2, 0) is 7.05 Å². The number of aryl methyl sites for hydroxylation is 1. The lowest BCUT2D eigenvalue weighted by molar-refractivity contribution is -0.384. The number of nitro benzene ring substituents is 1. The van der Waals surface area contributed by atoms with Gasteiger partial charge in [0.15, 0.2) is 5.75 Å². The zero-order valence-corrected chi connectivity index (χ0v) is 14.2. The van der Waals surface area contributed by atoms with Crippen LogP contribution in [0.5, 0.6) is 11.5 Å². The van der Waals surface area contributed by atoms with Crippen LogP contribution in [0.25, 0.3) is 10.9 Å². The molecule has 0 N–H and O–H groups in total. The van der Waals surface area contributed by atoms with Gasteiger partial charge in [-0.25, -0.2) is 0 Å². The molecule has 0 saturated carbocycles. The minimum atomic E-state index is -0.492. The van der Waals surface area contributed by atoms with E-state index in [1.807, 2.05) is 0 Å². The molecule has 0 atom stereocenters. The maximum atomic E-state index is 12.6. The van der Waals surface area contributed by atoms with E-state index in [1.165, 1.54) is 23.8 Å². The molecule has 24 heavy (non-hydrogen) atoms. The maximum absolute atomic E-state index is 12.6. The number of hydrogen-bond acceptors (Lipinski definition) is 5. The van der Waals surface area contributed by atoms with E-state index in [-0.39, 0.29) is 17.0 Å². The van der Waals surface area contributed by atoms with Crippen molar-refractivity contribution in [2.45, 2.75) is 32.6 Å². The van der Waals surface area contributed by atoms with Crippen LogP contribution in [0.15, 0.2) is 23.0 Å². The van der Waals surface area contributed by atoms with Crippen LogP contribution in [0.4, 0.5) is 5.69 Å². The third-order valence-electron chi connectivity index (χ3n) is 3.95. The maximum Gasteiger partial charge on any atom is 0.297 e. The van der Waals surface area contributed by atoms with E-state index < -0.39 is 4.92 Å². The van der Waals surface area contributed by atoms with Crippen LogP contribution < -0.4 is 15.0 Å². The Bertz CT molecular complexity index is 798. The minimum Gasteiger partial charge on any atom is -0.492 e. The fourth-order valence-corrected chi connectivity index (χ4v) is 2.62. The zero-order chi connectivity index (χ0) is 17.7. The largest absolute Gasteiger partial charge is 0.492 e. The summed E-state index contributed by atoms with van der Waals surface area (Å²) in [4.78, 5) is 23.0. The molecule has 1 aromatic carbocycles. The quantitative estimate of drug-likeness (QED) is 0.419. The standard InChI is InChI=1S/C17H22N2O5/c1-4-5-6-7-10-24-16-15(23-3)13-9-8-12(19(21)22)11-14(13)18(2)17(16)20/h8-9,11H,4-7,10H2,1-3H3. The molecule has 0 radical (unpaired) electrons. The van der Waals surface area contributed by atoms with Gasteiger partial charge in [0.05, 0.1) is 24.2 Å². The van der Waals surface area contributed by atoms with Gasteiger partial charge in [0, 0.05) is 24.6 Å². The van der Waals surface area contributed by atoms with Crippen LogP contribution in [0.2, 0.25) is 0 Å². The van der Waals surface area contributed by atoms with E-state index >= 15 is 0 Å². The second-order valence-corrected chi connectivity index (χ2v) is 5.59. The molecule has 0 bridgehead atoms. The summed E-state index contributed by atoms with van der Waals surface area (Å²) in [5, 5.41) is 11.6. The fourth-order valence-electron chi connectivity index (χ4n) is 2.62. The second kappa shape index (κ2) is 7.81. The monoisotopic (exact) mass is 334 g/mol. The number of unbranched alkanes of at least 4 members (excludes halogenated alkanes) is 3. The lowest BCUT2D eigenvalue weighted by Crippen LogP contribution is -2.21. The summed E-state index contributed by atoms with van der Waals surface area (Å²) >= 11 is 0. The van der Waals surface area contributed by atoms with Crippen molar-refractivity contribution in [3.8, 4) is 11.5 Å². The summed E-state index contributed by atoms with van der Waals surface area (Å²) in [6.07, 6.45) is 4.15. The first kappa shape index (κ1) is 17.8. The Morgan fingerprint density at radius 3 is 2.58 bits per heavy atom. The highest BCUT2D eigenvalue weighted by Crippen LogP contribution is 2.34. The van der Waals surface area contributed by atoms with Crippen molar-refractivity contribution >= 4 is 16.6 Å². The number of nitrogens with zero attached hydrogens (tertiary/aromatic N) is 2. The first-order valence-corrected chi connectivity index (χ1v) is 7.99. The normalized spacial score (nSPS) is 10.8. The first-order valence-electron chi connectivity index (χ1n) is 7.99. The molecular weight excluding hydrogens is 312 g/mol. The van der Waals surface area contributed by atoms with Gasteiger partial charge in [0.2, 0.25) is 5.75 Å². The fraction of sp³-hybridized carbons (Fsp3) is 0.471. The van der Waals surface area contributed by atoms with Gasteiger partial charge in [-0.05, 0) is 12.5 Å². The summed E-state index contributed by atoms with van der Waals surface area (Å²) in [5.74, 6) is 0.469. The number of pyridine rings is 1. The number of benzene rings is 1. The molecule has 0 aliphatic carbocycles. The molecule has 0 saturated heterocycles. The first-order chi connectivity index (χ1) is 11.5. The van der Waals surface area contributed by atoms with Crippen molar-refractivity contribution in [1.29, 1.82) is 0 Å². The van der Waals surface area contributed by atoms with Gasteiger partial charge >= 0.3 is 0 Å². The number of aromatic nitrogens is 1. The van der Waals surface area contributed by atoms with Crippen molar-refractivity contribution in [1.82, 2.24) is 4.57 Å². The molecule has 0 amide bonds. The van der Waals surface area contributed by atoms with Crippen LogP contribution in [0.3, 0.4) is 0 Å². The Morgan fingerprint density at radius 1 is 1.21 bits per heavy atom. The highest BCUT2D eigenvalue weighted by atomic mass is 16.6. The van der Waals surface area contributed by atoms with Crippen LogP contribution >= 0.6 is 0 Å². The van der Waals surface area contributed by atoms with Crippen LogP contribution in [-0.4, -0.2) is 23.2 Å². The summed E-state index contributed by atoms with van der Waals surface area (Å²) in [6.45, 7) is 2.56. The number of methoxy groups -OCH3 is 1. The molecule has 2 rings (SSSR count). The van der Waals surface area contributed by atoms with Crippen molar-refractivity contribution in [3.63, 3.8) is 0 Å². The van der Waals surface area contributed by atoms with Crippen LogP contribution in [0, 0.1) is 10.1 Å².